The highest BCUT2D eigenvalue weighted by Gasteiger charge is 2.63. The Morgan fingerprint density at radius 3 is 2.45 bits per heavy atom. The van der Waals surface area contributed by atoms with E-state index < -0.39 is 5.41 Å². The molecule has 0 aromatic heterocycles. The molecule has 0 amide bonds. The minimum Gasteiger partial charge on any atom is -0.347 e. The Labute approximate surface area is 174 Å². The van der Waals surface area contributed by atoms with Gasteiger partial charge in [0.15, 0.2) is 11.6 Å². The average molecular weight is 399 g/mol. The van der Waals surface area contributed by atoms with Crippen LogP contribution in [0.2, 0.25) is 0 Å². The second-order valence-corrected chi connectivity index (χ2v) is 10.8. The van der Waals surface area contributed by atoms with E-state index in [0.717, 1.165) is 44.9 Å². The van der Waals surface area contributed by atoms with Crippen LogP contribution in [0.1, 0.15) is 72.6 Å². The van der Waals surface area contributed by atoms with Crippen LogP contribution in [0, 0.1) is 28.1 Å². The van der Waals surface area contributed by atoms with Crippen molar-refractivity contribution in [3.8, 4) is 0 Å². The average Bonchev–Trinajstić information content (AvgIpc) is 3.25. The van der Waals surface area contributed by atoms with Gasteiger partial charge < -0.3 is 9.47 Å². The van der Waals surface area contributed by atoms with Crippen LogP contribution in [0.3, 0.4) is 0 Å². The van der Waals surface area contributed by atoms with Crippen LogP contribution in [0.5, 0.6) is 0 Å². The summed E-state index contributed by atoms with van der Waals surface area (Å²) in [4.78, 5) is 24.9. The fourth-order valence-corrected chi connectivity index (χ4v) is 7.67. The topological polar surface area (TPSA) is 52.6 Å². The van der Waals surface area contributed by atoms with E-state index in [1.807, 2.05) is 0 Å². The van der Waals surface area contributed by atoms with Crippen molar-refractivity contribution < 1.29 is 19.1 Å². The van der Waals surface area contributed by atoms with E-state index in [1.54, 1.807) is 5.57 Å². The summed E-state index contributed by atoms with van der Waals surface area (Å²) in [5.74, 6) is 0.134. The molecule has 29 heavy (non-hydrogen) atoms. The van der Waals surface area contributed by atoms with E-state index in [1.165, 1.54) is 12.5 Å². The van der Waals surface area contributed by atoms with Crippen LogP contribution < -0.4 is 0 Å². The minimum absolute atomic E-state index is 0.0916. The molecule has 5 atom stereocenters. The number of hydrogen-bond donors (Lipinski definition) is 0. The van der Waals surface area contributed by atoms with Crippen LogP contribution in [0.4, 0.5) is 0 Å². The van der Waals surface area contributed by atoms with E-state index >= 15 is 0 Å². The van der Waals surface area contributed by atoms with Gasteiger partial charge >= 0.3 is 0 Å². The number of carbonyl (C=O) groups is 2. The highest BCUT2D eigenvalue weighted by Crippen LogP contribution is 2.68. The first-order chi connectivity index (χ1) is 13.7. The smallest absolute Gasteiger partial charge is 0.204 e. The van der Waals surface area contributed by atoms with Crippen LogP contribution in [-0.4, -0.2) is 30.6 Å². The number of ether oxygens (including phenoxy) is 2. The predicted molar refractivity (Wildman–Crippen MR) is 110 cm³/mol. The van der Waals surface area contributed by atoms with Crippen molar-refractivity contribution in [3.05, 3.63) is 23.3 Å². The Morgan fingerprint density at radius 1 is 1.03 bits per heavy atom. The molecule has 0 N–H and O–H groups in total. The highest BCUT2D eigenvalue weighted by molar-refractivity contribution is 6.38. The molecule has 4 nitrogen and oxygen atoms in total. The maximum atomic E-state index is 12.9. The number of rotatable bonds is 2. The molecular formula is C25H34O4. The zero-order valence-electron chi connectivity index (χ0n) is 18.3. The summed E-state index contributed by atoms with van der Waals surface area (Å²) in [6, 6.07) is 0. The molecule has 0 bridgehead atoms. The lowest BCUT2D eigenvalue weighted by molar-refractivity contribution is -0.175. The first kappa shape index (κ1) is 19.7. The molecule has 3 fully saturated rings. The lowest BCUT2D eigenvalue weighted by atomic mass is 9.49. The lowest BCUT2D eigenvalue weighted by Gasteiger charge is -2.55. The van der Waals surface area contributed by atoms with Crippen molar-refractivity contribution in [1.82, 2.24) is 0 Å². The summed E-state index contributed by atoms with van der Waals surface area (Å²) in [7, 11) is 0. The minimum atomic E-state index is -0.529. The summed E-state index contributed by atoms with van der Waals surface area (Å²) >= 11 is 0. The van der Waals surface area contributed by atoms with Crippen molar-refractivity contribution >= 4 is 11.6 Å². The van der Waals surface area contributed by atoms with Gasteiger partial charge in [0, 0.05) is 30.6 Å². The van der Waals surface area contributed by atoms with Gasteiger partial charge in [-0.15, -0.1) is 0 Å². The van der Waals surface area contributed by atoms with Crippen molar-refractivity contribution in [3.63, 3.8) is 0 Å². The third kappa shape index (κ3) is 2.45. The van der Waals surface area contributed by atoms with Crippen molar-refractivity contribution in [2.24, 2.45) is 28.1 Å². The summed E-state index contributed by atoms with van der Waals surface area (Å²) in [5, 5.41) is 0. The van der Waals surface area contributed by atoms with Gasteiger partial charge in [0.05, 0.1) is 13.2 Å². The molecule has 158 valence electrons. The maximum Gasteiger partial charge on any atom is 0.204 e. The Balaban J connectivity index is 1.49. The van der Waals surface area contributed by atoms with Crippen LogP contribution in [0.25, 0.3) is 0 Å². The van der Waals surface area contributed by atoms with Crippen LogP contribution >= 0.6 is 0 Å². The Bertz CT molecular complexity index is 832. The lowest BCUT2D eigenvalue weighted by Crippen LogP contribution is -2.51. The third-order valence-corrected chi connectivity index (χ3v) is 9.73. The van der Waals surface area contributed by atoms with E-state index in [0.29, 0.717) is 25.0 Å². The van der Waals surface area contributed by atoms with Gasteiger partial charge in [0.2, 0.25) is 5.78 Å². The van der Waals surface area contributed by atoms with Gasteiger partial charge in [0.25, 0.3) is 0 Å². The Hall–Kier alpha value is -1.26. The van der Waals surface area contributed by atoms with Gasteiger partial charge in [-0.05, 0) is 49.4 Å². The number of allylic oxidation sites excluding steroid dienone is 3. The second kappa shape index (κ2) is 6.13. The molecule has 0 radical (unpaired) electrons. The van der Waals surface area contributed by atoms with Crippen molar-refractivity contribution in [2.75, 3.05) is 13.2 Å². The molecule has 2 saturated carbocycles. The summed E-state index contributed by atoms with van der Waals surface area (Å²) in [6.07, 6.45) is 11.6. The molecule has 4 heteroatoms. The molecule has 0 aromatic rings. The van der Waals surface area contributed by atoms with Crippen LogP contribution in [0.15, 0.2) is 23.3 Å². The number of hydrogen-bond acceptors (Lipinski definition) is 4. The fraction of sp³-hybridized carbons (Fsp3) is 0.760. The number of Topliss-reactive ketones (excluding diaryl/α,β-unsaturated/α-hetero) is 2. The summed E-state index contributed by atoms with van der Waals surface area (Å²) in [5.41, 5.74) is 2.51. The van der Waals surface area contributed by atoms with E-state index in [-0.39, 0.29) is 28.2 Å². The molecule has 1 spiro atoms. The Kier molecular flexibility index (Phi) is 4.16. The highest BCUT2D eigenvalue weighted by atomic mass is 16.7. The largest absolute Gasteiger partial charge is 0.347 e. The standard InChI is InChI=1S/C25H34O4/c1-16(26)21(27)24(4)10-8-20-18-6-5-17-15-25(28-13-14-29-25)12-11-22(17,2)19(18)7-9-23(20,24)3/h5,7,18,20H,6,8-15H2,1-4H3/t18-,20+,22+,23+,24-/m1/s1. The zero-order valence-corrected chi connectivity index (χ0v) is 18.3. The predicted octanol–water partition coefficient (Wildman–Crippen LogP) is 4.78. The second-order valence-electron chi connectivity index (χ2n) is 10.8. The van der Waals surface area contributed by atoms with Gasteiger partial charge in [0.1, 0.15) is 0 Å². The molecule has 5 aliphatic rings. The number of carbonyl (C=O) groups excluding carboxylic acids is 2. The van der Waals surface area contributed by atoms with Gasteiger partial charge in [-0.1, -0.05) is 44.1 Å². The Morgan fingerprint density at radius 2 is 1.76 bits per heavy atom. The van der Waals surface area contributed by atoms with E-state index in [2.05, 4.69) is 32.9 Å². The summed E-state index contributed by atoms with van der Waals surface area (Å²) < 4.78 is 12.0. The first-order valence-corrected chi connectivity index (χ1v) is 11.4. The quantitative estimate of drug-likeness (QED) is 0.496. The molecule has 1 saturated heterocycles. The van der Waals surface area contributed by atoms with Crippen molar-refractivity contribution in [2.45, 2.75) is 78.4 Å². The zero-order chi connectivity index (χ0) is 20.7. The summed E-state index contributed by atoms with van der Waals surface area (Å²) in [6.45, 7) is 9.60. The molecule has 0 aromatic carbocycles. The monoisotopic (exact) mass is 398 g/mol. The first-order valence-electron chi connectivity index (χ1n) is 11.4. The third-order valence-electron chi connectivity index (χ3n) is 9.73. The van der Waals surface area contributed by atoms with Gasteiger partial charge in [-0.3, -0.25) is 9.59 Å². The van der Waals surface area contributed by atoms with Gasteiger partial charge in [-0.25, -0.2) is 0 Å². The number of fused-ring (bicyclic) bond motifs is 5. The molecule has 5 rings (SSSR count). The maximum absolute atomic E-state index is 12.9. The fourth-order valence-electron chi connectivity index (χ4n) is 7.67. The van der Waals surface area contributed by atoms with Crippen LogP contribution in [-0.2, 0) is 19.1 Å². The van der Waals surface area contributed by atoms with Crippen molar-refractivity contribution in [1.29, 1.82) is 0 Å². The van der Waals surface area contributed by atoms with Gasteiger partial charge in [-0.2, -0.15) is 0 Å². The molecular weight excluding hydrogens is 364 g/mol. The molecule has 4 aliphatic carbocycles. The molecule has 1 aliphatic heterocycles. The SMILES string of the molecule is CC(=O)C(=O)[C@@]1(C)CC[C@H]2[C@@H]3CC=C4CC5(CC[C@]4(C)C3=CC[C@@]21C)OCCO5. The van der Waals surface area contributed by atoms with E-state index in [4.69, 9.17) is 9.47 Å². The van der Waals surface area contributed by atoms with E-state index in [9.17, 15) is 9.59 Å². The normalized spacial score (nSPS) is 45.1. The number of ketones is 2. The molecule has 1 heterocycles. The molecule has 0 unspecified atom stereocenters.